The van der Waals surface area contributed by atoms with E-state index in [1.54, 1.807) is 31.4 Å². The molecule has 2 heterocycles. The van der Waals surface area contributed by atoms with Crippen molar-refractivity contribution in [3.8, 4) is 22.7 Å². The van der Waals surface area contributed by atoms with Crippen LogP contribution in [0.5, 0.6) is 5.75 Å². The van der Waals surface area contributed by atoms with Gasteiger partial charge in [-0.2, -0.15) is 9.78 Å². The second kappa shape index (κ2) is 9.60. The molecule has 5 aromatic rings. The summed E-state index contributed by atoms with van der Waals surface area (Å²) in [7, 11) is 1.62. The number of rotatable bonds is 5. The van der Waals surface area contributed by atoms with E-state index in [-0.39, 0.29) is 11.4 Å². The Morgan fingerprint density at radius 3 is 2.47 bits per heavy atom. The molecular weight excluding hydrogens is 484 g/mol. The van der Waals surface area contributed by atoms with Crippen molar-refractivity contribution in [1.29, 1.82) is 0 Å². The third-order valence-corrected chi connectivity index (χ3v) is 6.91. The van der Waals surface area contributed by atoms with Crippen LogP contribution in [0.4, 0.5) is 11.4 Å². The quantitative estimate of drug-likeness (QED) is 0.244. The Balaban J connectivity index is 1.64. The van der Waals surface area contributed by atoms with E-state index in [1.807, 2.05) is 48.5 Å². The summed E-state index contributed by atoms with van der Waals surface area (Å²) >= 11 is 0. The molecule has 1 aliphatic rings. The maximum absolute atomic E-state index is 13.7. The summed E-state index contributed by atoms with van der Waals surface area (Å²) < 4.78 is 12.0. The minimum atomic E-state index is -0.481. The first kappa shape index (κ1) is 23.6. The average Bonchev–Trinajstić information content (AvgIpc) is 2.97. The molecule has 0 amide bonds. The maximum Gasteiger partial charge on any atom is 0.295 e. The van der Waals surface area contributed by atoms with E-state index in [0.717, 1.165) is 27.8 Å². The number of ether oxygens (including phenoxy) is 2. The van der Waals surface area contributed by atoms with Crippen molar-refractivity contribution < 1.29 is 14.4 Å². The monoisotopic (exact) mass is 508 g/mol. The van der Waals surface area contributed by atoms with E-state index in [9.17, 15) is 14.9 Å². The first-order valence-electron chi connectivity index (χ1n) is 12.3. The number of morpholine rings is 1. The number of hydrogen-bond donors (Lipinski definition) is 0. The predicted octanol–water partition coefficient (Wildman–Crippen LogP) is 4.96. The molecule has 0 saturated carbocycles. The minimum absolute atomic E-state index is 0.123. The van der Waals surface area contributed by atoms with Crippen LogP contribution in [-0.4, -0.2) is 48.1 Å². The van der Waals surface area contributed by atoms with Gasteiger partial charge in [-0.1, -0.05) is 42.5 Å². The van der Waals surface area contributed by atoms with Crippen molar-refractivity contribution in [2.45, 2.75) is 0 Å². The fraction of sp³-hybridized carbons (Fsp3) is 0.172. The van der Waals surface area contributed by atoms with Crippen LogP contribution in [0.3, 0.4) is 0 Å². The SMILES string of the molecule is COc1ccc2c(-c3nn(-c4cc(N5CCOCC5)ccc4[N+](=O)[O-])c(=O)c4ccccc34)cccc2c1. The third-order valence-electron chi connectivity index (χ3n) is 6.91. The number of hydrogen-bond acceptors (Lipinski definition) is 7. The van der Waals surface area contributed by atoms with Crippen molar-refractivity contribution in [1.82, 2.24) is 9.78 Å². The Kier molecular flexibility index (Phi) is 5.97. The Hall–Kier alpha value is -4.76. The smallest absolute Gasteiger partial charge is 0.295 e. The van der Waals surface area contributed by atoms with Crippen LogP contribution in [-0.2, 0) is 4.74 Å². The van der Waals surface area contributed by atoms with Crippen LogP contribution in [0, 0.1) is 10.1 Å². The van der Waals surface area contributed by atoms with Crippen molar-refractivity contribution >= 4 is 32.9 Å². The number of fused-ring (bicyclic) bond motifs is 2. The van der Waals surface area contributed by atoms with Gasteiger partial charge in [0.1, 0.15) is 11.4 Å². The summed E-state index contributed by atoms with van der Waals surface area (Å²) in [6.45, 7) is 2.44. The molecule has 0 aliphatic carbocycles. The lowest BCUT2D eigenvalue weighted by molar-refractivity contribution is -0.384. The number of anilines is 1. The van der Waals surface area contributed by atoms with Gasteiger partial charge in [-0.3, -0.25) is 14.9 Å². The Morgan fingerprint density at radius 2 is 1.71 bits per heavy atom. The van der Waals surface area contributed by atoms with Crippen molar-refractivity contribution in [2.75, 3.05) is 38.3 Å². The second-order valence-electron chi connectivity index (χ2n) is 9.03. The van der Waals surface area contributed by atoms with Gasteiger partial charge < -0.3 is 14.4 Å². The molecule has 1 fully saturated rings. The molecule has 4 aromatic carbocycles. The number of nitro benzene ring substituents is 1. The zero-order valence-electron chi connectivity index (χ0n) is 20.7. The number of aromatic nitrogens is 2. The van der Waals surface area contributed by atoms with Crippen LogP contribution in [0.15, 0.2) is 83.7 Å². The van der Waals surface area contributed by atoms with Gasteiger partial charge in [0.2, 0.25) is 0 Å². The van der Waals surface area contributed by atoms with Gasteiger partial charge in [0, 0.05) is 35.8 Å². The highest BCUT2D eigenvalue weighted by molar-refractivity contribution is 6.04. The lowest BCUT2D eigenvalue weighted by Gasteiger charge is -2.29. The van der Waals surface area contributed by atoms with E-state index in [4.69, 9.17) is 14.6 Å². The first-order chi connectivity index (χ1) is 18.5. The summed E-state index contributed by atoms with van der Waals surface area (Å²) in [5, 5.41) is 19.8. The zero-order chi connectivity index (χ0) is 26.2. The van der Waals surface area contributed by atoms with Crippen molar-refractivity contribution in [3.05, 3.63) is 99.3 Å². The highest BCUT2D eigenvalue weighted by Gasteiger charge is 2.23. The average molecular weight is 509 g/mol. The first-order valence-corrected chi connectivity index (χ1v) is 12.3. The largest absolute Gasteiger partial charge is 0.497 e. The Bertz CT molecular complexity index is 1760. The molecule has 0 atom stereocenters. The molecular formula is C29H24N4O5. The lowest BCUT2D eigenvalue weighted by atomic mass is 9.98. The molecule has 1 aliphatic heterocycles. The van der Waals surface area contributed by atoms with E-state index >= 15 is 0 Å². The topological polar surface area (TPSA) is 99.7 Å². The normalized spacial score (nSPS) is 13.7. The molecule has 38 heavy (non-hydrogen) atoms. The molecule has 1 saturated heterocycles. The predicted molar refractivity (Wildman–Crippen MR) is 147 cm³/mol. The molecule has 6 rings (SSSR count). The molecule has 0 radical (unpaired) electrons. The van der Waals surface area contributed by atoms with Gasteiger partial charge in [-0.15, -0.1) is 0 Å². The summed E-state index contributed by atoms with van der Waals surface area (Å²) in [6.07, 6.45) is 0. The van der Waals surface area contributed by atoms with Gasteiger partial charge in [-0.25, -0.2) is 0 Å². The standard InChI is InChI=1S/C29H24N4O5/c1-37-21-10-11-22-19(17-21)5-4-8-23(22)28-24-6-2-3-7-25(24)29(34)32(30-28)27-18-20(9-12-26(27)33(35)36)31-13-15-38-16-14-31/h2-12,17-18H,13-16H2,1H3. The molecule has 9 nitrogen and oxygen atoms in total. The molecule has 9 heteroatoms. The van der Waals surface area contributed by atoms with Gasteiger partial charge in [-0.05, 0) is 41.1 Å². The van der Waals surface area contributed by atoms with Crippen molar-refractivity contribution in [2.24, 2.45) is 0 Å². The summed E-state index contributed by atoms with van der Waals surface area (Å²) in [4.78, 5) is 27.4. The Labute approximate surface area is 217 Å². The maximum atomic E-state index is 13.7. The van der Waals surface area contributed by atoms with Crippen LogP contribution >= 0.6 is 0 Å². The molecule has 0 bridgehead atoms. The summed E-state index contributed by atoms with van der Waals surface area (Å²) in [5.41, 5.74) is 1.64. The minimum Gasteiger partial charge on any atom is -0.497 e. The highest BCUT2D eigenvalue weighted by atomic mass is 16.6. The van der Waals surface area contributed by atoms with E-state index in [0.29, 0.717) is 42.8 Å². The number of benzene rings is 4. The summed E-state index contributed by atoms with van der Waals surface area (Å²) in [6, 6.07) is 23.6. The fourth-order valence-corrected chi connectivity index (χ4v) is 5.00. The van der Waals surface area contributed by atoms with Crippen LogP contribution in [0.1, 0.15) is 0 Å². The van der Waals surface area contributed by atoms with E-state index < -0.39 is 10.5 Å². The van der Waals surface area contributed by atoms with Gasteiger partial charge in [0.15, 0.2) is 0 Å². The van der Waals surface area contributed by atoms with Crippen LogP contribution < -0.4 is 15.2 Å². The lowest BCUT2D eigenvalue weighted by Crippen LogP contribution is -2.36. The van der Waals surface area contributed by atoms with E-state index in [1.165, 1.54) is 10.7 Å². The summed E-state index contributed by atoms with van der Waals surface area (Å²) in [5.74, 6) is 0.730. The third kappa shape index (κ3) is 4.03. The highest BCUT2D eigenvalue weighted by Crippen LogP contribution is 2.34. The number of nitro groups is 1. The number of methoxy groups -OCH3 is 1. The van der Waals surface area contributed by atoms with Gasteiger partial charge in [0.25, 0.3) is 11.2 Å². The van der Waals surface area contributed by atoms with Gasteiger partial charge in [0.05, 0.1) is 36.3 Å². The van der Waals surface area contributed by atoms with Gasteiger partial charge >= 0.3 is 0 Å². The molecule has 0 N–H and O–H groups in total. The number of nitrogens with zero attached hydrogens (tertiary/aromatic N) is 4. The molecule has 0 spiro atoms. The molecule has 190 valence electrons. The van der Waals surface area contributed by atoms with Crippen LogP contribution in [0.2, 0.25) is 0 Å². The van der Waals surface area contributed by atoms with Crippen molar-refractivity contribution in [3.63, 3.8) is 0 Å². The second-order valence-corrected chi connectivity index (χ2v) is 9.03. The fourth-order valence-electron chi connectivity index (χ4n) is 5.00. The van der Waals surface area contributed by atoms with Crippen LogP contribution in [0.25, 0.3) is 38.5 Å². The zero-order valence-corrected chi connectivity index (χ0v) is 20.7. The molecule has 1 aromatic heterocycles. The molecule has 0 unspecified atom stereocenters. The Morgan fingerprint density at radius 1 is 0.921 bits per heavy atom. The van der Waals surface area contributed by atoms with E-state index in [2.05, 4.69) is 4.90 Å².